The molecule has 260 valence electrons. The number of alkyl halides is 5. The first-order valence-corrected chi connectivity index (χ1v) is 16.1. The van der Waals surface area contributed by atoms with Gasteiger partial charge in [0, 0.05) is 62.3 Å². The Hall–Kier alpha value is -4.21. The molecule has 0 aromatic carbocycles. The van der Waals surface area contributed by atoms with Crippen LogP contribution in [0.3, 0.4) is 0 Å². The Morgan fingerprint density at radius 3 is 1.46 bits per heavy atom. The van der Waals surface area contributed by atoms with Crippen LogP contribution in [0, 0.1) is 13.8 Å². The van der Waals surface area contributed by atoms with Gasteiger partial charge in [0.15, 0.2) is 0 Å². The van der Waals surface area contributed by atoms with E-state index in [4.69, 9.17) is 0 Å². The Morgan fingerprint density at radius 1 is 0.708 bits per heavy atom. The summed E-state index contributed by atoms with van der Waals surface area (Å²) < 4.78 is 69.8. The van der Waals surface area contributed by atoms with E-state index in [0.29, 0.717) is 49.0 Å². The first kappa shape index (κ1) is 35.1. The van der Waals surface area contributed by atoms with E-state index in [1.54, 1.807) is 31.5 Å². The molecule has 0 saturated heterocycles. The molecule has 48 heavy (non-hydrogen) atoms. The third-order valence-corrected chi connectivity index (χ3v) is 8.30. The molecule has 2 aliphatic carbocycles. The molecule has 4 aromatic heterocycles. The maximum Gasteiger partial charge on any atom is 0.252 e. The lowest BCUT2D eigenvalue weighted by Crippen LogP contribution is -2.32. The van der Waals surface area contributed by atoms with Gasteiger partial charge in [-0.2, -0.15) is 20.2 Å². The third-order valence-electron chi connectivity index (χ3n) is 8.30. The molecule has 2 unspecified atom stereocenters. The van der Waals surface area contributed by atoms with Gasteiger partial charge in [-0.25, -0.2) is 41.3 Å². The van der Waals surface area contributed by atoms with Crippen molar-refractivity contribution >= 4 is 11.6 Å². The number of aryl methyl sites for hydroxylation is 2. The summed E-state index contributed by atoms with van der Waals surface area (Å²) in [7, 11) is 0. The lowest BCUT2D eigenvalue weighted by atomic mass is 9.92. The van der Waals surface area contributed by atoms with E-state index in [2.05, 4.69) is 40.8 Å². The Kier molecular flexibility index (Phi) is 10.6. The van der Waals surface area contributed by atoms with Gasteiger partial charge in [-0.05, 0) is 65.5 Å². The molecule has 0 spiro atoms. The van der Waals surface area contributed by atoms with E-state index in [9.17, 15) is 27.1 Å². The van der Waals surface area contributed by atoms with Crippen molar-refractivity contribution in [1.82, 2.24) is 39.5 Å². The molecule has 3 N–H and O–H groups in total. The minimum absolute atomic E-state index is 0.0615. The summed E-state index contributed by atoms with van der Waals surface area (Å²) in [5.74, 6) is -3.60. The van der Waals surface area contributed by atoms with Crippen molar-refractivity contribution in [2.45, 2.75) is 115 Å². The minimum Gasteiger partial charge on any atom is -0.387 e. The van der Waals surface area contributed by atoms with Gasteiger partial charge in [-0.15, -0.1) is 0 Å². The number of aliphatic hydroxyl groups is 1. The van der Waals surface area contributed by atoms with Crippen LogP contribution in [0.2, 0.25) is 0 Å². The number of rotatable bonds is 8. The van der Waals surface area contributed by atoms with E-state index in [-0.39, 0.29) is 49.4 Å². The molecule has 2 atom stereocenters. The summed E-state index contributed by atoms with van der Waals surface area (Å²) in [5.41, 5.74) is 2.31. The summed E-state index contributed by atoms with van der Waals surface area (Å²) in [6, 6.07) is 6.64. The van der Waals surface area contributed by atoms with Crippen LogP contribution < -0.4 is 10.6 Å². The zero-order chi connectivity index (χ0) is 34.6. The van der Waals surface area contributed by atoms with Crippen molar-refractivity contribution in [3.63, 3.8) is 0 Å². The highest BCUT2D eigenvalue weighted by molar-refractivity contribution is 5.41. The first-order chi connectivity index (χ1) is 22.6. The maximum atomic E-state index is 13.7. The zero-order valence-corrected chi connectivity index (χ0v) is 27.3. The molecule has 2 fully saturated rings. The van der Waals surface area contributed by atoms with Crippen LogP contribution in [0.15, 0.2) is 36.7 Å². The van der Waals surface area contributed by atoms with E-state index < -0.39 is 24.1 Å². The number of nitrogens with one attached hydrogen (secondary N) is 2. The molecular formula is C32H41F5N10O. The van der Waals surface area contributed by atoms with Crippen LogP contribution in [0.25, 0.3) is 11.9 Å². The average Bonchev–Trinajstić information content (AvgIpc) is 3.67. The predicted octanol–water partition coefficient (Wildman–Crippen LogP) is 7.00. The molecule has 0 amide bonds. The maximum absolute atomic E-state index is 13.7. The van der Waals surface area contributed by atoms with Crippen molar-refractivity contribution in [1.29, 1.82) is 0 Å². The van der Waals surface area contributed by atoms with Crippen LogP contribution in [-0.2, 0) is 0 Å². The van der Waals surface area contributed by atoms with E-state index in [0.717, 1.165) is 11.4 Å². The Labute approximate surface area is 275 Å². The van der Waals surface area contributed by atoms with Gasteiger partial charge in [0.25, 0.3) is 11.9 Å². The number of aromatic nitrogens is 8. The van der Waals surface area contributed by atoms with Crippen molar-refractivity contribution in [2.75, 3.05) is 10.6 Å². The summed E-state index contributed by atoms with van der Waals surface area (Å²) in [6.45, 7) is 6.70. The van der Waals surface area contributed by atoms with Gasteiger partial charge in [0.05, 0.1) is 28.9 Å². The number of aliphatic hydroxyl groups excluding tert-OH is 1. The quantitative estimate of drug-likeness (QED) is 0.169. The highest BCUT2D eigenvalue weighted by Crippen LogP contribution is 2.35. The van der Waals surface area contributed by atoms with E-state index in [1.165, 1.54) is 22.4 Å². The second-order valence-corrected chi connectivity index (χ2v) is 12.6. The van der Waals surface area contributed by atoms with E-state index in [1.807, 2.05) is 19.9 Å². The summed E-state index contributed by atoms with van der Waals surface area (Å²) in [6.07, 6.45) is 2.36. The molecule has 11 nitrogen and oxygen atoms in total. The smallest absolute Gasteiger partial charge is 0.252 e. The van der Waals surface area contributed by atoms with Crippen LogP contribution in [-0.4, -0.2) is 68.5 Å². The van der Waals surface area contributed by atoms with E-state index >= 15 is 0 Å². The number of anilines is 2. The van der Waals surface area contributed by atoms with Crippen LogP contribution in [0.1, 0.15) is 100 Å². The lowest BCUT2D eigenvalue weighted by molar-refractivity contribution is -0.0366. The Bertz CT molecular complexity index is 1530. The normalized spacial score (nSPS) is 19.2. The third kappa shape index (κ3) is 9.45. The molecule has 0 radical (unpaired) electrons. The molecule has 2 saturated carbocycles. The highest BCUT2D eigenvalue weighted by atomic mass is 19.3. The fourth-order valence-corrected chi connectivity index (χ4v) is 5.52. The van der Waals surface area contributed by atoms with Gasteiger partial charge >= 0.3 is 0 Å². The molecular weight excluding hydrogens is 635 g/mol. The molecule has 2 aliphatic rings. The first-order valence-electron chi connectivity index (χ1n) is 16.1. The molecule has 0 aliphatic heterocycles. The number of hydrogen-bond acceptors (Lipinski definition) is 9. The van der Waals surface area contributed by atoms with Crippen LogP contribution >= 0.6 is 0 Å². The van der Waals surface area contributed by atoms with Gasteiger partial charge < -0.3 is 15.7 Å². The molecule has 4 aromatic rings. The van der Waals surface area contributed by atoms with Crippen LogP contribution in [0.4, 0.5) is 33.6 Å². The second-order valence-electron chi connectivity index (χ2n) is 12.6. The lowest BCUT2D eigenvalue weighted by Gasteiger charge is -2.29. The molecule has 4 heterocycles. The summed E-state index contributed by atoms with van der Waals surface area (Å²) in [5, 5.41) is 24.7. The Balaban J connectivity index is 0.000000188. The van der Waals surface area contributed by atoms with Gasteiger partial charge in [-0.1, -0.05) is 0 Å². The standard InChI is InChI=1S/C16H20F3N5.C16H21F2N5O/c1-10-5-8-24(23-10)15-21-13(11(2)17)9-14(22-15)20-12-3-6-16(18,19)7-4-12;1-10-5-8-23(22-10)15-20-13(11(2)24)9-14(21-15)19-12-3-6-16(17,18)7-4-12/h5,8-9,11-12H,3-4,6-7H2,1-2H3,(H,20,21,22);5,8-9,11-12,24H,3-4,6-7H2,1-2H3,(H,19,20,21). The fourth-order valence-electron chi connectivity index (χ4n) is 5.52. The number of nitrogens with zero attached hydrogens (tertiary/aromatic N) is 8. The van der Waals surface area contributed by atoms with Gasteiger partial charge in [0.2, 0.25) is 11.8 Å². The van der Waals surface area contributed by atoms with Crippen molar-refractivity contribution in [3.05, 3.63) is 59.4 Å². The molecule has 6 rings (SSSR count). The largest absolute Gasteiger partial charge is 0.387 e. The predicted molar refractivity (Wildman–Crippen MR) is 170 cm³/mol. The molecule has 0 bridgehead atoms. The van der Waals surface area contributed by atoms with Gasteiger partial charge in [-0.3, -0.25) is 0 Å². The summed E-state index contributed by atoms with van der Waals surface area (Å²) in [4.78, 5) is 17.3. The molecule has 16 heteroatoms. The zero-order valence-electron chi connectivity index (χ0n) is 27.3. The van der Waals surface area contributed by atoms with Crippen molar-refractivity contribution in [3.8, 4) is 11.9 Å². The van der Waals surface area contributed by atoms with Crippen molar-refractivity contribution in [2.24, 2.45) is 0 Å². The second kappa shape index (κ2) is 14.5. The van der Waals surface area contributed by atoms with Crippen molar-refractivity contribution < 1.29 is 27.1 Å². The average molecular weight is 677 g/mol. The summed E-state index contributed by atoms with van der Waals surface area (Å²) >= 11 is 0. The Morgan fingerprint density at radius 2 is 1.10 bits per heavy atom. The fraction of sp³-hybridized carbons (Fsp3) is 0.562. The highest BCUT2D eigenvalue weighted by Gasteiger charge is 2.36. The number of hydrogen-bond donors (Lipinski definition) is 3. The minimum atomic E-state index is -2.58. The topological polar surface area (TPSA) is 131 Å². The van der Waals surface area contributed by atoms with Gasteiger partial charge in [0.1, 0.15) is 17.8 Å². The number of halogens is 5. The van der Waals surface area contributed by atoms with Crippen LogP contribution in [0.5, 0.6) is 0 Å². The monoisotopic (exact) mass is 676 g/mol. The SMILES string of the molecule is Cc1ccn(-c2nc(NC3CCC(F)(F)CC3)cc(C(C)F)n2)n1.Cc1ccn(-c2nc(NC3CCC(F)(F)CC3)cc(C(C)O)n2)n1.